The molecule has 7 heteroatoms. The number of ether oxygens (including phenoxy) is 1. The van der Waals surface area contributed by atoms with Crippen LogP contribution < -0.4 is 0 Å². The molecule has 0 fully saturated rings. The van der Waals surface area contributed by atoms with Crippen molar-refractivity contribution in [3.8, 4) is 0 Å². The Labute approximate surface area is 191 Å². The fourth-order valence-corrected chi connectivity index (χ4v) is 4.37. The van der Waals surface area contributed by atoms with E-state index in [1.807, 2.05) is 6.08 Å². The third kappa shape index (κ3) is 20.9. The molecule has 0 unspecified atom stereocenters. The van der Waals surface area contributed by atoms with Gasteiger partial charge in [-0.25, -0.2) is 0 Å². The second kappa shape index (κ2) is 20.0. The van der Waals surface area contributed by atoms with E-state index in [0.717, 1.165) is 19.3 Å². The van der Waals surface area contributed by atoms with Gasteiger partial charge < -0.3 is 9.84 Å². The normalized spacial score (nSPS) is 13.4. The van der Waals surface area contributed by atoms with Gasteiger partial charge in [0.1, 0.15) is 0 Å². The molecule has 0 bridgehead atoms. The number of hydrogen-bond donors (Lipinski definition) is 1. The summed E-state index contributed by atoms with van der Waals surface area (Å²) in [6.07, 6.45) is 11.0. The Bertz CT molecular complexity index is 467. The highest BCUT2D eigenvalue weighted by Crippen LogP contribution is 2.29. The van der Waals surface area contributed by atoms with Crippen LogP contribution in [-0.4, -0.2) is 36.2 Å². The Kier molecular flexibility index (Phi) is 19.5. The van der Waals surface area contributed by atoms with E-state index in [1.54, 1.807) is 0 Å². The van der Waals surface area contributed by atoms with E-state index in [0.29, 0.717) is 10.7 Å². The molecule has 0 saturated heterocycles. The summed E-state index contributed by atoms with van der Waals surface area (Å²) in [5.41, 5.74) is 0. The standard InChI is InChI=1S/C24H43F3O3S/c1-3-4-5-6-7-8-9-10-11-12-13-14-15-16-22(31-20-18-23(29)30-2)21(28)17-19-24(25,26)27/h16,21,28H,3-15,17-20H2,1-2H3/t21-/m0/s1. The van der Waals surface area contributed by atoms with E-state index in [4.69, 9.17) is 0 Å². The lowest BCUT2D eigenvalue weighted by molar-refractivity contribution is -0.140. The molecule has 0 radical (unpaired) electrons. The van der Waals surface area contributed by atoms with Gasteiger partial charge in [0.2, 0.25) is 0 Å². The van der Waals surface area contributed by atoms with Gasteiger partial charge in [-0.3, -0.25) is 4.79 Å². The number of aliphatic hydroxyl groups is 1. The summed E-state index contributed by atoms with van der Waals surface area (Å²) in [5.74, 6) is 0.0256. The first kappa shape index (κ1) is 30.3. The van der Waals surface area contributed by atoms with E-state index in [9.17, 15) is 23.1 Å². The van der Waals surface area contributed by atoms with Gasteiger partial charge in [0.15, 0.2) is 0 Å². The molecule has 0 heterocycles. The summed E-state index contributed by atoms with van der Waals surface area (Å²) in [4.78, 5) is 11.8. The van der Waals surface area contributed by atoms with Crippen LogP contribution >= 0.6 is 11.8 Å². The molecule has 0 aromatic heterocycles. The van der Waals surface area contributed by atoms with E-state index in [1.165, 1.54) is 83.1 Å². The molecule has 1 N–H and O–H groups in total. The number of unbranched alkanes of at least 4 members (excludes halogenated alkanes) is 12. The Morgan fingerprint density at radius 1 is 0.968 bits per heavy atom. The molecule has 0 aromatic carbocycles. The van der Waals surface area contributed by atoms with Crippen molar-refractivity contribution >= 4 is 17.7 Å². The lowest BCUT2D eigenvalue weighted by Crippen LogP contribution is -2.15. The predicted molar refractivity (Wildman–Crippen MR) is 124 cm³/mol. The predicted octanol–water partition coefficient (Wildman–Crippen LogP) is 7.96. The summed E-state index contributed by atoms with van der Waals surface area (Å²) >= 11 is 1.25. The molecule has 3 nitrogen and oxygen atoms in total. The number of halogens is 3. The third-order valence-corrected chi connectivity index (χ3v) is 6.42. The number of methoxy groups -OCH3 is 1. The first-order chi connectivity index (χ1) is 14.8. The van der Waals surface area contributed by atoms with Crippen LogP contribution in [0.1, 0.15) is 110 Å². The number of allylic oxidation sites excluding steroid dienone is 1. The number of rotatable bonds is 20. The van der Waals surface area contributed by atoms with Crippen molar-refractivity contribution in [2.24, 2.45) is 0 Å². The average molecular weight is 469 g/mol. The van der Waals surface area contributed by atoms with Crippen molar-refractivity contribution in [1.29, 1.82) is 0 Å². The van der Waals surface area contributed by atoms with E-state index in [-0.39, 0.29) is 18.8 Å². The zero-order valence-corrected chi connectivity index (χ0v) is 20.3. The lowest BCUT2D eigenvalue weighted by atomic mass is 10.0. The molecule has 184 valence electrons. The Morgan fingerprint density at radius 2 is 1.48 bits per heavy atom. The van der Waals surface area contributed by atoms with Crippen LogP contribution in [0.3, 0.4) is 0 Å². The second-order valence-electron chi connectivity index (χ2n) is 8.13. The van der Waals surface area contributed by atoms with Crippen molar-refractivity contribution in [3.63, 3.8) is 0 Å². The van der Waals surface area contributed by atoms with Gasteiger partial charge in [-0.1, -0.05) is 83.6 Å². The molecule has 0 saturated carbocycles. The maximum Gasteiger partial charge on any atom is 0.389 e. The smallest absolute Gasteiger partial charge is 0.389 e. The molecule has 0 spiro atoms. The molecular weight excluding hydrogens is 425 g/mol. The van der Waals surface area contributed by atoms with Crippen molar-refractivity contribution in [3.05, 3.63) is 11.0 Å². The van der Waals surface area contributed by atoms with Crippen molar-refractivity contribution in [2.75, 3.05) is 12.9 Å². The molecule has 0 rings (SSSR count). The first-order valence-corrected chi connectivity index (χ1v) is 12.9. The monoisotopic (exact) mass is 468 g/mol. The summed E-state index contributed by atoms with van der Waals surface area (Å²) in [6.45, 7) is 2.23. The van der Waals surface area contributed by atoms with Crippen LogP contribution in [0.5, 0.6) is 0 Å². The van der Waals surface area contributed by atoms with Crippen molar-refractivity contribution < 1.29 is 27.8 Å². The minimum atomic E-state index is -4.28. The molecule has 0 aliphatic heterocycles. The maximum atomic E-state index is 12.5. The van der Waals surface area contributed by atoms with Gasteiger partial charge in [-0.15, -0.1) is 11.8 Å². The third-order valence-electron chi connectivity index (χ3n) is 5.24. The molecule has 31 heavy (non-hydrogen) atoms. The summed E-state index contributed by atoms with van der Waals surface area (Å²) in [5, 5.41) is 10.2. The van der Waals surface area contributed by atoms with Gasteiger partial charge in [-0.2, -0.15) is 13.2 Å². The number of carbonyl (C=O) groups excluding carboxylic acids is 1. The summed E-state index contributed by atoms with van der Waals surface area (Å²) in [6, 6.07) is 0. The van der Waals surface area contributed by atoms with Gasteiger partial charge in [0.25, 0.3) is 0 Å². The summed E-state index contributed by atoms with van der Waals surface area (Å²) in [7, 11) is 1.30. The van der Waals surface area contributed by atoms with Gasteiger partial charge in [0.05, 0.1) is 19.6 Å². The van der Waals surface area contributed by atoms with E-state index < -0.39 is 18.7 Å². The zero-order valence-electron chi connectivity index (χ0n) is 19.5. The average Bonchev–Trinajstić information content (AvgIpc) is 2.73. The largest absolute Gasteiger partial charge is 0.469 e. The number of carbonyl (C=O) groups is 1. The fourth-order valence-electron chi connectivity index (χ4n) is 3.32. The summed E-state index contributed by atoms with van der Waals surface area (Å²) < 4.78 is 42.0. The van der Waals surface area contributed by atoms with Crippen LogP contribution in [0.15, 0.2) is 11.0 Å². The second-order valence-corrected chi connectivity index (χ2v) is 9.30. The highest BCUT2D eigenvalue weighted by molar-refractivity contribution is 8.03. The number of aliphatic hydroxyl groups excluding tert-OH is 1. The first-order valence-electron chi connectivity index (χ1n) is 11.9. The van der Waals surface area contributed by atoms with Crippen molar-refractivity contribution in [1.82, 2.24) is 0 Å². The Morgan fingerprint density at radius 3 is 1.97 bits per heavy atom. The van der Waals surface area contributed by atoms with Crippen molar-refractivity contribution in [2.45, 2.75) is 122 Å². The van der Waals surface area contributed by atoms with Gasteiger partial charge in [0, 0.05) is 17.1 Å². The Balaban J connectivity index is 4.07. The number of thioether (sulfide) groups is 1. The van der Waals surface area contributed by atoms with Crippen LogP contribution in [0.25, 0.3) is 0 Å². The number of esters is 1. The molecule has 0 aromatic rings. The lowest BCUT2D eigenvalue weighted by Gasteiger charge is -2.16. The maximum absolute atomic E-state index is 12.5. The molecular formula is C24H43F3O3S. The molecule has 1 atom stereocenters. The van der Waals surface area contributed by atoms with E-state index in [2.05, 4.69) is 11.7 Å². The quantitative estimate of drug-likeness (QED) is 0.145. The molecule has 0 aliphatic carbocycles. The van der Waals surface area contributed by atoms with Gasteiger partial charge >= 0.3 is 12.1 Å². The minimum Gasteiger partial charge on any atom is -0.469 e. The highest BCUT2D eigenvalue weighted by atomic mass is 32.2. The van der Waals surface area contributed by atoms with Crippen LogP contribution in [0.4, 0.5) is 13.2 Å². The van der Waals surface area contributed by atoms with Gasteiger partial charge in [-0.05, 0) is 19.3 Å². The van der Waals surface area contributed by atoms with E-state index >= 15 is 0 Å². The highest BCUT2D eigenvalue weighted by Gasteiger charge is 2.28. The topological polar surface area (TPSA) is 46.5 Å². The van der Waals surface area contributed by atoms with Crippen LogP contribution in [-0.2, 0) is 9.53 Å². The molecule has 0 amide bonds. The fraction of sp³-hybridized carbons (Fsp3) is 0.875. The Hall–Kier alpha value is -0.690. The van der Waals surface area contributed by atoms with Crippen LogP contribution in [0.2, 0.25) is 0 Å². The molecule has 0 aliphatic rings. The zero-order chi connectivity index (χ0) is 23.4. The number of hydrogen-bond acceptors (Lipinski definition) is 4. The SMILES string of the molecule is CCCCCCCCCCCCCCC=C(SCCC(=O)OC)[C@@H](O)CCC(F)(F)F. The van der Waals surface area contributed by atoms with Crippen LogP contribution in [0, 0.1) is 0 Å². The number of alkyl halides is 3. The minimum absolute atomic E-state index is 0.170.